The van der Waals surface area contributed by atoms with Crippen LogP contribution in [0.4, 0.5) is 0 Å². The molecule has 2 nitrogen and oxygen atoms in total. The number of hydrogen-bond acceptors (Lipinski definition) is 3. The SMILES string of the molecule is Cc1csc(/C(C#N)=C/c2ccc(Br)cc2)n1. The molecule has 1 aromatic carbocycles. The molecule has 0 aliphatic carbocycles. The Kier molecular flexibility index (Phi) is 3.72. The van der Waals surface area contributed by atoms with Crippen molar-refractivity contribution in [3.63, 3.8) is 0 Å². The van der Waals surface area contributed by atoms with Crippen LogP contribution < -0.4 is 0 Å². The molecule has 0 N–H and O–H groups in total. The predicted octanol–water partition coefficient (Wildman–Crippen LogP) is 4.28. The van der Waals surface area contributed by atoms with Crippen LogP contribution >= 0.6 is 27.3 Å². The summed E-state index contributed by atoms with van der Waals surface area (Å²) >= 11 is 4.87. The molecule has 0 radical (unpaired) electrons. The minimum atomic E-state index is 0.602. The van der Waals surface area contributed by atoms with Crippen LogP contribution in [0.1, 0.15) is 16.3 Å². The first kappa shape index (κ1) is 12.0. The minimum absolute atomic E-state index is 0.602. The van der Waals surface area contributed by atoms with Gasteiger partial charge in [0.15, 0.2) is 0 Å². The van der Waals surface area contributed by atoms with Crippen molar-refractivity contribution in [1.29, 1.82) is 5.26 Å². The van der Waals surface area contributed by atoms with Crippen molar-refractivity contribution in [3.8, 4) is 6.07 Å². The van der Waals surface area contributed by atoms with Gasteiger partial charge in [0.1, 0.15) is 11.1 Å². The Morgan fingerprint density at radius 3 is 2.65 bits per heavy atom. The van der Waals surface area contributed by atoms with Crippen molar-refractivity contribution in [3.05, 3.63) is 50.4 Å². The Morgan fingerprint density at radius 1 is 1.41 bits per heavy atom. The smallest absolute Gasteiger partial charge is 0.134 e. The van der Waals surface area contributed by atoms with E-state index in [2.05, 4.69) is 27.0 Å². The van der Waals surface area contributed by atoms with Crippen molar-refractivity contribution in [2.24, 2.45) is 0 Å². The monoisotopic (exact) mass is 304 g/mol. The van der Waals surface area contributed by atoms with E-state index in [4.69, 9.17) is 5.26 Å². The molecular formula is C13H9BrN2S. The third-order valence-corrected chi connectivity index (χ3v) is 3.67. The molecule has 2 rings (SSSR count). The van der Waals surface area contributed by atoms with Gasteiger partial charge in [-0.25, -0.2) is 4.98 Å². The molecule has 1 aromatic heterocycles. The Balaban J connectivity index is 2.36. The summed E-state index contributed by atoms with van der Waals surface area (Å²) in [6.07, 6.45) is 1.85. The first-order valence-corrected chi connectivity index (χ1v) is 6.66. The quantitative estimate of drug-likeness (QED) is 0.777. The fourth-order valence-corrected chi connectivity index (χ4v) is 2.37. The third kappa shape index (κ3) is 3.02. The molecule has 0 atom stereocenters. The second kappa shape index (κ2) is 5.26. The summed E-state index contributed by atoms with van der Waals surface area (Å²) in [6, 6.07) is 10.0. The molecule has 0 saturated carbocycles. The van der Waals surface area contributed by atoms with Crippen molar-refractivity contribution < 1.29 is 0 Å². The number of hydrogen-bond donors (Lipinski definition) is 0. The van der Waals surface area contributed by atoms with Crippen LogP contribution in [0.25, 0.3) is 11.6 Å². The molecule has 17 heavy (non-hydrogen) atoms. The van der Waals surface area contributed by atoms with Gasteiger partial charge in [0.05, 0.1) is 5.57 Å². The molecule has 1 heterocycles. The van der Waals surface area contributed by atoms with E-state index in [1.54, 1.807) is 0 Å². The standard InChI is InChI=1S/C13H9BrN2S/c1-9-8-17-13(16-9)11(7-15)6-10-2-4-12(14)5-3-10/h2-6,8H,1H3/b11-6+. The first-order chi connectivity index (χ1) is 8.19. The predicted molar refractivity (Wildman–Crippen MR) is 74.5 cm³/mol. The number of benzene rings is 1. The Bertz CT molecular complexity index is 591. The molecule has 0 fully saturated rings. The second-order valence-corrected chi connectivity index (χ2v) is 5.29. The largest absolute Gasteiger partial charge is 0.241 e. The Hall–Kier alpha value is -1.44. The fourth-order valence-electron chi connectivity index (χ4n) is 1.35. The molecule has 0 spiro atoms. The van der Waals surface area contributed by atoms with Crippen molar-refractivity contribution in [2.45, 2.75) is 6.92 Å². The molecule has 4 heteroatoms. The normalized spacial score (nSPS) is 11.2. The Morgan fingerprint density at radius 2 is 2.12 bits per heavy atom. The highest BCUT2D eigenvalue weighted by Crippen LogP contribution is 2.22. The summed E-state index contributed by atoms with van der Waals surface area (Å²) in [4.78, 5) is 4.31. The number of thiazole rings is 1. The lowest BCUT2D eigenvalue weighted by Gasteiger charge is -1.96. The van der Waals surface area contributed by atoms with Gasteiger partial charge < -0.3 is 0 Å². The summed E-state index contributed by atoms with van der Waals surface area (Å²) in [5.41, 5.74) is 2.55. The summed E-state index contributed by atoms with van der Waals surface area (Å²) < 4.78 is 1.03. The van der Waals surface area contributed by atoms with E-state index in [0.717, 1.165) is 20.7 Å². The maximum absolute atomic E-state index is 9.14. The fraction of sp³-hybridized carbons (Fsp3) is 0.0769. The van der Waals surface area contributed by atoms with E-state index in [9.17, 15) is 0 Å². The number of halogens is 1. The zero-order chi connectivity index (χ0) is 12.3. The number of nitriles is 1. The van der Waals surface area contributed by atoms with E-state index < -0.39 is 0 Å². The molecule has 0 unspecified atom stereocenters. The van der Waals surface area contributed by atoms with E-state index in [1.165, 1.54) is 11.3 Å². The van der Waals surface area contributed by atoms with Gasteiger partial charge in [-0.15, -0.1) is 11.3 Å². The lowest BCUT2D eigenvalue weighted by atomic mass is 10.1. The van der Waals surface area contributed by atoms with Gasteiger partial charge >= 0.3 is 0 Å². The maximum Gasteiger partial charge on any atom is 0.134 e. The van der Waals surface area contributed by atoms with E-state index in [-0.39, 0.29) is 0 Å². The number of aromatic nitrogens is 1. The zero-order valence-corrected chi connectivity index (χ0v) is 11.5. The molecule has 84 valence electrons. The van der Waals surface area contributed by atoms with Crippen LogP contribution in [0, 0.1) is 18.3 Å². The maximum atomic E-state index is 9.14. The van der Waals surface area contributed by atoms with Crippen LogP contribution in [0.2, 0.25) is 0 Å². The first-order valence-electron chi connectivity index (χ1n) is 4.99. The number of nitrogens with zero attached hydrogens (tertiary/aromatic N) is 2. The van der Waals surface area contributed by atoms with E-state index in [0.29, 0.717) is 5.57 Å². The lowest BCUT2D eigenvalue weighted by molar-refractivity contribution is 1.25. The van der Waals surface area contributed by atoms with Gasteiger partial charge in [-0.1, -0.05) is 28.1 Å². The average molecular weight is 305 g/mol. The number of rotatable bonds is 2. The summed E-state index contributed by atoms with van der Waals surface area (Å²) in [5, 5.41) is 11.9. The summed E-state index contributed by atoms with van der Waals surface area (Å²) in [7, 11) is 0. The molecule has 0 saturated heterocycles. The summed E-state index contributed by atoms with van der Waals surface area (Å²) in [5.74, 6) is 0. The zero-order valence-electron chi connectivity index (χ0n) is 9.14. The molecule has 0 aliphatic rings. The van der Waals surface area contributed by atoms with Crippen molar-refractivity contribution >= 4 is 38.9 Å². The highest BCUT2D eigenvalue weighted by Gasteiger charge is 2.05. The molecule has 0 aliphatic heterocycles. The van der Waals surface area contributed by atoms with Gasteiger partial charge in [0, 0.05) is 15.5 Å². The third-order valence-electron chi connectivity index (χ3n) is 2.15. The molecule has 0 bridgehead atoms. The van der Waals surface area contributed by atoms with Crippen LogP contribution in [0.5, 0.6) is 0 Å². The average Bonchev–Trinajstić information content (AvgIpc) is 2.75. The van der Waals surface area contributed by atoms with Crippen LogP contribution in [0.3, 0.4) is 0 Å². The van der Waals surface area contributed by atoms with Gasteiger partial charge in [-0.3, -0.25) is 0 Å². The van der Waals surface area contributed by atoms with Crippen LogP contribution in [0.15, 0.2) is 34.1 Å². The van der Waals surface area contributed by atoms with E-state index >= 15 is 0 Å². The van der Waals surface area contributed by atoms with E-state index in [1.807, 2.05) is 42.6 Å². The van der Waals surface area contributed by atoms with Gasteiger partial charge in [-0.05, 0) is 30.7 Å². The van der Waals surface area contributed by atoms with Crippen molar-refractivity contribution in [2.75, 3.05) is 0 Å². The second-order valence-electron chi connectivity index (χ2n) is 3.52. The molecular weight excluding hydrogens is 296 g/mol. The molecule has 0 amide bonds. The van der Waals surface area contributed by atoms with Gasteiger partial charge in [0.2, 0.25) is 0 Å². The highest BCUT2D eigenvalue weighted by molar-refractivity contribution is 9.10. The van der Waals surface area contributed by atoms with Gasteiger partial charge in [0.25, 0.3) is 0 Å². The van der Waals surface area contributed by atoms with Crippen molar-refractivity contribution in [1.82, 2.24) is 4.98 Å². The lowest BCUT2D eigenvalue weighted by Crippen LogP contribution is -1.81. The topological polar surface area (TPSA) is 36.7 Å². The van der Waals surface area contributed by atoms with Crippen LogP contribution in [-0.2, 0) is 0 Å². The summed E-state index contributed by atoms with van der Waals surface area (Å²) in [6.45, 7) is 1.93. The highest BCUT2D eigenvalue weighted by atomic mass is 79.9. The Labute approximate surface area is 112 Å². The molecule has 2 aromatic rings. The number of aryl methyl sites for hydroxylation is 1. The number of allylic oxidation sites excluding steroid dienone is 1. The van der Waals surface area contributed by atoms with Crippen LogP contribution in [-0.4, -0.2) is 4.98 Å². The van der Waals surface area contributed by atoms with Gasteiger partial charge in [-0.2, -0.15) is 5.26 Å². The minimum Gasteiger partial charge on any atom is -0.241 e.